The van der Waals surface area contributed by atoms with E-state index in [-0.39, 0.29) is 0 Å². The molecule has 0 N–H and O–H groups in total. The summed E-state index contributed by atoms with van der Waals surface area (Å²) < 4.78 is 2.27. The fourth-order valence-corrected chi connectivity index (χ4v) is 3.17. The summed E-state index contributed by atoms with van der Waals surface area (Å²) in [6, 6.07) is 8.20. The van der Waals surface area contributed by atoms with Gasteiger partial charge in [0.2, 0.25) is 0 Å². The van der Waals surface area contributed by atoms with Crippen LogP contribution in [0.5, 0.6) is 0 Å². The Kier molecular flexibility index (Phi) is 3.18. The second-order valence-electron chi connectivity index (χ2n) is 5.38. The predicted molar refractivity (Wildman–Crippen MR) is 73.9 cm³/mol. The van der Waals surface area contributed by atoms with Crippen molar-refractivity contribution in [2.45, 2.75) is 38.6 Å². The van der Waals surface area contributed by atoms with Gasteiger partial charge < -0.3 is 4.57 Å². The van der Waals surface area contributed by atoms with Crippen molar-refractivity contribution in [2.24, 2.45) is 5.92 Å². The molecule has 1 aromatic carbocycles. The highest BCUT2D eigenvalue weighted by molar-refractivity contribution is 5.97. The van der Waals surface area contributed by atoms with Gasteiger partial charge in [-0.3, -0.25) is 4.79 Å². The molecule has 3 rings (SSSR count). The third-order valence-electron chi connectivity index (χ3n) is 4.13. The molecule has 18 heavy (non-hydrogen) atoms. The quantitative estimate of drug-likeness (QED) is 0.743. The van der Waals surface area contributed by atoms with Gasteiger partial charge in [-0.05, 0) is 24.8 Å². The van der Waals surface area contributed by atoms with Gasteiger partial charge in [0.15, 0.2) is 6.29 Å². The second kappa shape index (κ2) is 4.97. The van der Waals surface area contributed by atoms with Gasteiger partial charge in [-0.2, -0.15) is 0 Å². The van der Waals surface area contributed by atoms with E-state index in [9.17, 15) is 4.79 Å². The van der Waals surface area contributed by atoms with E-state index < -0.39 is 0 Å². The number of nitrogens with zero attached hydrogens (tertiary/aromatic N) is 1. The molecular formula is C16H19NO. The maximum absolute atomic E-state index is 11.1. The molecule has 1 fully saturated rings. The summed E-state index contributed by atoms with van der Waals surface area (Å²) in [4.78, 5) is 11.1. The second-order valence-corrected chi connectivity index (χ2v) is 5.38. The van der Waals surface area contributed by atoms with Gasteiger partial charge in [0.05, 0.1) is 0 Å². The van der Waals surface area contributed by atoms with Crippen molar-refractivity contribution in [3.8, 4) is 0 Å². The Morgan fingerprint density at radius 1 is 1.17 bits per heavy atom. The first-order valence-corrected chi connectivity index (χ1v) is 6.91. The molecular weight excluding hydrogens is 222 g/mol. The number of aldehydes is 1. The third-order valence-corrected chi connectivity index (χ3v) is 4.13. The highest BCUT2D eigenvalue weighted by Gasteiger charge is 2.15. The molecule has 0 saturated heterocycles. The van der Waals surface area contributed by atoms with E-state index >= 15 is 0 Å². The van der Waals surface area contributed by atoms with E-state index in [4.69, 9.17) is 0 Å². The highest BCUT2D eigenvalue weighted by Crippen LogP contribution is 2.27. The van der Waals surface area contributed by atoms with Crippen LogP contribution < -0.4 is 0 Å². The lowest BCUT2D eigenvalue weighted by Crippen LogP contribution is -2.13. The predicted octanol–water partition coefficient (Wildman–Crippen LogP) is 4.03. The molecule has 1 aromatic heterocycles. The molecule has 1 aliphatic carbocycles. The van der Waals surface area contributed by atoms with E-state index in [0.29, 0.717) is 0 Å². The summed E-state index contributed by atoms with van der Waals surface area (Å²) in [6.45, 7) is 1.06. The number of carbonyl (C=O) groups is 1. The van der Waals surface area contributed by atoms with Crippen LogP contribution >= 0.6 is 0 Å². The molecule has 0 unspecified atom stereocenters. The molecule has 2 nitrogen and oxygen atoms in total. The Morgan fingerprint density at radius 2 is 1.94 bits per heavy atom. The van der Waals surface area contributed by atoms with E-state index in [1.807, 2.05) is 24.4 Å². The lowest BCUT2D eigenvalue weighted by Gasteiger charge is -2.22. The van der Waals surface area contributed by atoms with E-state index in [2.05, 4.69) is 10.6 Å². The molecule has 1 aliphatic rings. The van der Waals surface area contributed by atoms with Crippen molar-refractivity contribution in [1.29, 1.82) is 0 Å². The molecule has 0 atom stereocenters. The summed E-state index contributed by atoms with van der Waals surface area (Å²) in [5.74, 6) is 0.786. The average Bonchev–Trinajstić information content (AvgIpc) is 2.78. The standard InChI is InChI=1S/C16H19NO/c18-12-14-11-17(10-13-6-2-1-3-7-13)16-9-5-4-8-15(14)16/h4-5,8-9,11-13H,1-3,6-7,10H2. The van der Waals surface area contributed by atoms with Crippen LogP contribution in [0.25, 0.3) is 10.9 Å². The van der Waals surface area contributed by atoms with E-state index in [1.165, 1.54) is 37.6 Å². The van der Waals surface area contributed by atoms with Gasteiger partial charge in [0.25, 0.3) is 0 Å². The fraction of sp³-hybridized carbons (Fsp3) is 0.438. The van der Waals surface area contributed by atoms with E-state index in [1.54, 1.807) is 0 Å². The van der Waals surface area contributed by atoms with Crippen LogP contribution in [-0.2, 0) is 6.54 Å². The Labute approximate surface area is 108 Å². The molecule has 1 saturated carbocycles. The highest BCUT2D eigenvalue weighted by atomic mass is 16.1. The number of carbonyl (C=O) groups excluding carboxylic acids is 1. The lowest BCUT2D eigenvalue weighted by atomic mass is 9.89. The number of rotatable bonds is 3. The molecule has 0 aliphatic heterocycles. The first-order chi connectivity index (χ1) is 8.88. The maximum Gasteiger partial charge on any atom is 0.152 e. The number of hydrogen-bond donors (Lipinski definition) is 0. The van der Waals surface area contributed by atoms with Crippen LogP contribution in [0.2, 0.25) is 0 Å². The average molecular weight is 241 g/mol. The third kappa shape index (κ3) is 2.07. The first kappa shape index (κ1) is 11.5. The summed E-state index contributed by atoms with van der Waals surface area (Å²) in [6.07, 6.45) is 9.79. The van der Waals surface area contributed by atoms with Gasteiger partial charge in [-0.25, -0.2) is 0 Å². The molecule has 2 heteroatoms. The molecule has 0 spiro atoms. The minimum absolute atomic E-state index is 0.786. The molecule has 0 radical (unpaired) electrons. The Balaban J connectivity index is 1.93. The smallest absolute Gasteiger partial charge is 0.152 e. The Hall–Kier alpha value is -1.57. The van der Waals surface area contributed by atoms with Crippen molar-refractivity contribution >= 4 is 17.2 Å². The number of para-hydroxylation sites is 1. The van der Waals surface area contributed by atoms with Crippen molar-refractivity contribution in [3.63, 3.8) is 0 Å². The minimum Gasteiger partial charge on any atom is -0.346 e. The molecule has 1 heterocycles. The zero-order valence-corrected chi connectivity index (χ0v) is 10.6. The monoisotopic (exact) mass is 241 g/mol. The lowest BCUT2D eigenvalue weighted by molar-refractivity contribution is 0.112. The number of benzene rings is 1. The van der Waals surface area contributed by atoms with Crippen molar-refractivity contribution < 1.29 is 4.79 Å². The molecule has 94 valence electrons. The maximum atomic E-state index is 11.1. The number of aromatic nitrogens is 1. The van der Waals surface area contributed by atoms with Gasteiger partial charge in [0.1, 0.15) is 0 Å². The van der Waals surface area contributed by atoms with Crippen molar-refractivity contribution in [2.75, 3.05) is 0 Å². The van der Waals surface area contributed by atoms with Crippen LogP contribution in [0.1, 0.15) is 42.5 Å². The normalized spacial score (nSPS) is 17.1. The van der Waals surface area contributed by atoms with Crippen LogP contribution in [0.4, 0.5) is 0 Å². The Bertz CT molecular complexity index is 549. The topological polar surface area (TPSA) is 22.0 Å². The van der Waals surface area contributed by atoms with Gasteiger partial charge in [-0.1, -0.05) is 37.5 Å². The summed E-state index contributed by atoms with van der Waals surface area (Å²) >= 11 is 0. The van der Waals surface area contributed by atoms with Gasteiger partial charge in [-0.15, -0.1) is 0 Å². The summed E-state index contributed by atoms with van der Waals surface area (Å²) in [5.41, 5.74) is 2.02. The number of fused-ring (bicyclic) bond motifs is 1. The van der Waals surface area contributed by atoms with Gasteiger partial charge in [0, 0.05) is 29.2 Å². The minimum atomic E-state index is 0.786. The zero-order chi connectivity index (χ0) is 12.4. The van der Waals surface area contributed by atoms with E-state index in [0.717, 1.165) is 29.7 Å². The zero-order valence-electron chi connectivity index (χ0n) is 10.6. The van der Waals surface area contributed by atoms with Crippen LogP contribution in [0.3, 0.4) is 0 Å². The first-order valence-electron chi connectivity index (χ1n) is 6.91. The largest absolute Gasteiger partial charge is 0.346 e. The molecule has 0 amide bonds. The number of hydrogen-bond acceptors (Lipinski definition) is 1. The summed E-state index contributed by atoms with van der Waals surface area (Å²) in [5, 5.41) is 1.09. The summed E-state index contributed by atoms with van der Waals surface area (Å²) in [7, 11) is 0. The van der Waals surface area contributed by atoms with Crippen molar-refractivity contribution in [1.82, 2.24) is 4.57 Å². The van der Waals surface area contributed by atoms with Crippen LogP contribution in [0.15, 0.2) is 30.5 Å². The SMILES string of the molecule is O=Cc1cn(CC2CCCCC2)c2ccccc12. The molecule has 0 bridgehead atoms. The Morgan fingerprint density at radius 3 is 2.72 bits per heavy atom. The molecule has 2 aromatic rings. The van der Waals surface area contributed by atoms with Crippen LogP contribution in [0, 0.1) is 5.92 Å². The van der Waals surface area contributed by atoms with Gasteiger partial charge >= 0.3 is 0 Å². The fourth-order valence-electron chi connectivity index (χ4n) is 3.17. The van der Waals surface area contributed by atoms with Crippen LogP contribution in [-0.4, -0.2) is 10.9 Å². The van der Waals surface area contributed by atoms with Crippen molar-refractivity contribution in [3.05, 3.63) is 36.0 Å².